The number of amides is 1. The maximum atomic E-state index is 11.4. The number of nitrogens with zero attached hydrogens (tertiary/aromatic N) is 1. The quantitative estimate of drug-likeness (QED) is 0.632. The molecule has 4 heteroatoms. The number of hydrogen-bond donors (Lipinski definition) is 2. The molecule has 0 bridgehead atoms. The number of nitrogens with two attached hydrogens (primary N) is 1. The number of hydrogen-bond acceptors (Lipinski definition) is 3. The molecule has 0 aromatic rings. The van der Waals surface area contributed by atoms with Crippen LogP contribution in [0.25, 0.3) is 0 Å². The Bertz CT molecular complexity index is 244. The van der Waals surface area contributed by atoms with Crippen molar-refractivity contribution in [1.82, 2.24) is 4.90 Å². The smallest absolute Gasteiger partial charge is 0.236 e. The van der Waals surface area contributed by atoms with E-state index >= 15 is 0 Å². The Kier molecular flexibility index (Phi) is 2.49. The number of aliphatic hydroxyl groups excluding tert-OH is 1. The first-order valence-electron chi connectivity index (χ1n) is 5.30. The molecule has 1 amide bonds. The minimum Gasteiger partial charge on any atom is -0.396 e. The maximum absolute atomic E-state index is 11.4. The average molecular weight is 198 g/mol. The molecule has 2 fully saturated rings. The Morgan fingerprint density at radius 2 is 2.43 bits per heavy atom. The number of fused-ring (bicyclic) bond motifs is 1. The molecule has 0 aromatic carbocycles. The highest BCUT2D eigenvalue weighted by Gasteiger charge is 2.49. The Morgan fingerprint density at radius 3 is 3.00 bits per heavy atom. The van der Waals surface area contributed by atoms with Crippen molar-refractivity contribution in [2.24, 2.45) is 17.1 Å². The zero-order chi connectivity index (χ0) is 10.2. The van der Waals surface area contributed by atoms with Crippen LogP contribution < -0.4 is 5.73 Å². The van der Waals surface area contributed by atoms with Crippen molar-refractivity contribution in [1.29, 1.82) is 0 Å². The molecule has 0 spiro atoms. The SMILES string of the molecule is NCC(=O)N1C[C@H]2CCC[C@@]2(CO)C1. The summed E-state index contributed by atoms with van der Waals surface area (Å²) in [6.45, 7) is 1.82. The minimum atomic E-state index is 0.00479. The highest BCUT2D eigenvalue weighted by molar-refractivity contribution is 5.78. The predicted octanol–water partition coefficient (Wildman–Crippen LogP) is -0.434. The molecule has 1 saturated carbocycles. The van der Waals surface area contributed by atoms with Gasteiger partial charge in [0.2, 0.25) is 5.91 Å². The van der Waals surface area contributed by atoms with Crippen LogP contribution in [-0.2, 0) is 4.79 Å². The molecule has 3 N–H and O–H groups in total. The first-order chi connectivity index (χ1) is 6.72. The van der Waals surface area contributed by atoms with E-state index in [1.807, 2.05) is 4.90 Å². The first kappa shape index (κ1) is 9.93. The van der Waals surface area contributed by atoms with Crippen LogP contribution in [0.15, 0.2) is 0 Å². The third kappa shape index (κ3) is 1.33. The molecule has 2 rings (SSSR count). The number of carbonyl (C=O) groups excluding carboxylic acids is 1. The van der Waals surface area contributed by atoms with Gasteiger partial charge in [0.25, 0.3) is 0 Å². The van der Waals surface area contributed by atoms with Crippen LogP contribution in [0.1, 0.15) is 19.3 Å². The van der Waals surface area contributed by atoms with Crippen LogP contribution in [0, 0.1) is 11.3 Å². The van der Waals surface area contributed by atoms with Gasteiger partial charge in [-0.1, -0.05) is 6.42 Å². The molecular formula is C10H18N2O2. The van der Waals surface area contributed by atoms with Crippen LogP contribution in [0.3, 0.4) is 0 Å². The fourth-order valence-corrected chi connectivity index (χ4v) is 2.99. The van der Waals surface area contributed by atoms with Crippen molar-refractivity contribution < 1.29 is 9.90 Å². The molecule has 0 radical (unpaired) electrons. The summed E-state index contributed by atoms with van der Waals surface area (Å²) >= 11 is 0. The van der Waals surface area contributed by atoms with Crippen LogP contribution in [0.4, 0.5) is 0 Å². The van der Waals surface area contributed by atoms with E-state index in [4.69, 9.17) is 5.73 Å². The predicted molar refractivity (Wildman–Crippen MR) is 52.5 cm³/mol. The average Bonchev–Trinajstić information content (AvgIpc) is 2.72. The Balaban J connectivity index is 2.08. The van der Waals surface area contributed by atoms with E-state index < -0.39 is 0 Å². The summed E-state index contributed by atoms with van der Waals surface area (Å²) in [5, 5.41) is 9.43. The van der Waals surface area contributed by atoms with Crippen LogP contribution in [0.2, 0.25) is 0 Å². The third-order valence-corrected chi connectivity index (χ3v) is 3.88. The van der Waals surface area contributed by atoms with Crippen molar-refractivity contribution in [2.75, 3.05) is 26.2 Å². The molecule has 80 valence electrons. The molecule has 2 aliphatic rings. The maximum Gasteiger partial charge on any atom is 0.236 e. The number of carbonyl (C=O) groups is 1. The lowest BCUT2D eigenvalue weighted by atomic mass is 9.82. The Labute approximate surface area is 84.1 Å². The second kappa shape index (κ2) is 3.51. The van der Waals surface area contributed by atoms with Gasteiger partial charge in [-0.2, -0.15) is 0 Å². The molecule has 0 aromatic heterocycles. The lowest BCUT2D eigenvalue weighted by Gasteiger charge is -2.25. The standard InChI is InChI=1S/C10H18N2O2/c11-4-9(14)12-5-8-2-1-3-10(8,6-12)7-13/h8,13H,1-7,11H2/t8-,10+/m1/s1. The van der Waals surface area contributed by atoms with Crippen molar-refractivity contribution in [3.8, 4) is 0 Å². The Morgan fingerprint density at radius 1 is 1.64 bits per heavy atom. The van der Waals surface area contributed by atoms with Gasteiger partial charge in [-0.15, -0.1) is 0 Å². The van der Waals surface area contributed by atoms with Crippen molar-refractivity contribution in [3.05, 3.63) is 0 Å². The van der Waals surface area contributed by atoms with E-state index in [1.165, 1.54) is 6.42 Å². The first-order valence-corrected chi connectivity index (χ1v) is 5.30. The molecule has 1 aliphatic carbocycles. The Hall–Kier alpha value is -0.610. The van der Waals surface area contributed by atoms with Crippen LogP contribution in [0.5, 0.6) is 0 Å². The summed E-state index contributed by atoms with van der Waals surface area (Å²) in [6.07, 6.45) is 3.40. The van der Waals surface area contributed by atoms with Gasteiger partial charge < -0.3 is 15.7 Å². The molecule has 14 heavy (non-hydrogen) atoms. The number of likely N-dealkylation sites (tertiary alicyclic amines) is 1. The highest BCUT2D eigenvalue weighted by Crippen LogP contribution is 2.48. The van der Waals surface area contributed by atoms with Gasteiger partial charge in [-0.05, 0) is 18.8 Å². The van der Waals surface area contributed by atoms with E-state index in [9.17, 15) is 9.90 Å². The number of aliphatic hydroxyl groups is 1. The molecule has 4 nitrogen and oxygen atoms in total. The summed E-state index contributed by atoms with van der Waals surface area (Å²) in [4.78, 5) is 13.2. The van der Waals surface area contributed by atoms with Gasteiger partial charge in [-0.3, -0.25) is 4.79 Å². The fourth-order valence-electron chi connectivity index (χ4n) is 2.99. The molecular weight excluding hydrogens is 180 g/mol. The lowest BCUT2D eigenvalue weighted by molar-refractivity contribution is -0.129. The summed E-state index contributed by atoms with van der Waals surface area (Å²) in [5.74, 6) is 0.523. The second-order valence-electron chi connectivity index (χ2n) is 4.59. The van der Waals surface area contributed by atoms with Gasteiger partial charge in [0, 0.05) is 18.5 Å². The zero-order valence-electron chi connectivity index (χ0n) is 8.41. The monoisotopic (exact) mass is 198 g/mol. The minimum absolute atomic E-state index is 0.00479. The summed E-state index contributed by atoms with van der Waals surface area (Å²) in [5.41, 5.74) is 5.34. The molecule has 1 saturated heterocycles. The van der Waals surface area contributed by atoms with Gasteiger partial charge in [0.05, 0.1) is 13.2 Å². The third-order valence-electron chi connectivity index (χ3n) is 3.88. The highest BCUT2D eigenvalue weighted by atomic mass is 16.3. The largest absolute Gasteiger partial charge is 0.396 e. The van der Waals surface area contributed by atoms with Crippen LogP contribution >= 0.6 is 0 Å². The van der Waals surface area contributed by atoms with E-state index in [1.54, 1.807) is 0 Å². The zero-order valence-corrected chi connectivity index (χ0v) is 8.41. The summed E-state index contributed by atoms with van der Waals surface area (Å²) in [7, 11) is 0. The lowest BCUT2D eigenvalue weighted by Crippen LogP contribution is -2.37. The molecule has 1 heterocycles. The normalized spacial score (nSPS) is 36.1. The fraction of sp³-hybridized carbons (Fsp3) is 0.900. The molecule has 1 aliphatic heterocycles. The van der Waals surface area contributed by atoms with E-state index in [2.05, 4.69) is 0 Å². The van der Waals surface area contributed by atoms with Gasteiger partial charge >= 0.3 is 0 Å². The number of rotatable bonds is 2. The van der Waals surface area contributed by atoms with Gasteiger partial charge in [0.15, 0.2) is 0 Å². The topological polar surface area (TPSA) is 66.6 Å². The van der Waals surface area contributed by atoms with Gasteiger partial charge in [0.1, 0.15) is 0 Å². The van der Waals surface area contributed by atoms with Gasteiger partial charge in [-0.25, -0.2) is 0 Å². The molecule has 0 unspecified atom stereocenters. The van der Waals surface area contributed by atoms with Crippen LogP contribution in [-0.4, -0.2) is 42.2 Å². The molecule has 2 atom stereocenters. The van der Waals surface area contributed by atoms with Crippen molar-refractivity contribution in [2.45, 2.75) is 19.3 Å². The van der Waals surface area contributed by atoms with E-state index in [0.29, 0.717) is 12.5 Å². The van der Waals surface area contributed by atoms with Crippen molar-refractivity contribution >= 4 is 5.91 Å². The summed E-state index contributed by atoms with van der Waals surface area (Å²) < 4.78 is 0. The second-order valence-corrected chi connectivity index (χ2v) is 4.59. The van der Waals surface area contributed by atoms with Crippen molar-refractivity contribution in [3.63, 3.8) is 0 Å². The summed E-state index contributed by atoms with van der Waals surface area (Å²) in [6, 6.07) is 0. The van der Waals surface area contributed by atoms with E-state index in [0.717, 1.165) is 19.4 Å². The van der Waals surface area contributed by atoms with E-state index in [-0.39, 0.29) is 24.5 Å².